The number of rotatable bonds is 8. The molecule has 40 heavy (non-hydrogen) atoms. The number of thiophene rings is 1. The fraction of sp³-hybridized carbons (Fsp3) is 0.577. The van der Waals surface area contributed by atoms with Crippen LogP contribution in [0.2, 0.25) is 0 Å². The van der Waals surface area contributed by atoms with Crippen LogP contribution in [0.15, 0.2) is 17.6 Å². The topological polar surface area (TPSA) is 91.8 Å². The van der Waals surface area contributed by atoms with E-state index in [0.29, 0.717) is 55.5 Å². The van der Waals surface area contributed by atoms with E-state index < -0.39 is 22.6 Å². The number of nitrogens with zero attached hydrogens (tertiary/aromatic N) is 6. The number of pyridine rings is 1. The minimum absolute atomic E-state index is 0.208. The van der Waals surface area contributed by atoms with Gasteiger partial charge in [0.2, 0.25) is 11.8 Å². The van der Waals surface area contributed by atoms with Gasteiger partial charge in [0.1, 0.15) is 0 Å². The molecule has 5 heterocycles. The lowest BCUT2D eigenvalue weighted by Crippen LogP contribution is -2.48. The second-order valence-electron chi connectivity index (χ2n) is 10.5. The van der Waals surface area contributed by atoms with Gasteiger partial charge in [0.05, 0.1) is 35.3 Å². The minimum Gasteiger partial charge on any atom is -0.481 e. The van der Waals surface area contributed by atoms with Gasteiger partial charge in [-0.1, -0.05) is 0 Å². The third-order valence-electron chi connectivity index (χ3n) is 7.19. The zero-order chi connectivity index (χ0) is 28.5. The molecule has 0 bridgehead atoms. The molecule has 3 aromatic heterocycles. The summed E-state index contributed by atoms with van der Waals surface area (Å²) in [7, 11) is -1.87. The van der Waals surface area contributed by atoms with Crippen LogP contribution in [0.4, 0.5) is 19.1 Å². The summed E-state index contributed by atoms with van der Waals surface area (Å²) in [4.78, 5) is 20.1. The Morgan fingerprint density at radius 3 is 2.35 bits per heavy atom. The van der Waals surface area contributed by atoms with Gasteiger partial charge in [0.15, 0.2) is 9.84 Å². The van der Waals surface area contributed by atoms with Crippen molar-refractivity contribution in [3.8, 4) is 17.1 Å². The van der Waals surface area contributed by atoms with E-state index >= 15 is 0 Å². The van der Waals surface area contributed by atoms with Crippen molar-refractivity contribution in [3.05, 3.63) is 28.8 Å². The number of hydrogen-bond acceptors (Lipinski definition) is 10. The molecule has 0 radical (unpaired) electrons. The fourth-order valence-corrected chi connectivity index (χ4v) is 7.08. The molecular formula is C26H33F3N6O3S2. The number of piperidine rings is 1. The number of hydrogen-bond donors (Lipinski definition) is 0. The van der Waals surface area contributed by atoms with Gasteiger partial charge in [-0.05, 0) is 30.7 Å². The van der Waals surface area contributed by atoms with Gasteiger partial charge in [-0.3, -0.25) is 9.80 Å². The number of fused-ring (bicyclic) bond motifs is 1. The average Bonchev–Trinajstić information content (AvgIpc) is 3.30. The molecule has 2 saturated heterocycles. The molecule has 0 saturated carbocycles. The van der Waals surface area contributed by atoms with E-state index in [1.54, 1.807) is 12.3 Å². The van der Waals surface area contributed by atoms with Gasteiger partial charge < -0.3 is 9.64 Å². The molecule has 9 nitrogen and oxygen atoms in total. The Morgan fingerprint density at radius 1 is 1.00 bits per heavy atom. The molecule has 2 aliphatic rings. The number of alkyl halides is 3. The van der Waals surface area contributed by atoms with Gasteiger partial charge >= 0.3 is 6.18 Å². The van der Waals surface area contributed by atoms with Crippen molar-refractivity contribution in [1.82, 2.24) is 24.8 Å². The smallest absolute Gasteiger partial charge is 0.401 e. The van der Waals surface area contributed by atoms with Crippen molar-refractivity contribution >= 4 is 37.3 Å². The molecule has 0 N–H and O–H groups in total. The van der Waals surface area contributed by atoms with Crippen molar-refractivity contribution < 1.29 is 26.3 Å². The van der Waals surface area contributed by atoms with Gasteiger partial charge in [0.25, 0.3) is 0 Å². The zero-order valence-corrected chi connectivity index (χ0v) is 24.2. The molecule has 2 aliphatic heterocycles. The molecular weight excluding hydrogens is 565 g/mol. The lowest BCUT2D eigenvalue weighted by molar-refractivity contribution is -0.149. The summed E-state index contributed by atoms with van der Waals surface area (Å²) in [6.07, 6.45) is 1.89. The minimum atomic E-state index is -4.19. The molecule has 14 heteroatoms. The number of aromatic nitrogens is 3. The number of methoxy groups -OCH3 is 1. The highest BCUT2D eigenvalue weighted by Gasteiger charge is 2.32. The molecule has 0 unspecified atom stereocenters. The largest absolute Gasteiger partial charge is 0.481 e. The van der Waals surface area contributed by atoms with Crippen LogP contribution in [0.1, 0.15) is 30.4 Å². The van der Waals surface area contributed by atoms with Gasteiger partial charge in [-0.25, -0.2) is 23.4 Å². The van der Waals surface area contributed by atoms with Crippen LogP contribution in [0, 0.1) is 0 Å². The standard InChI is InChI=1S/C26H33F3N6O3S2/c1-38-24-19(16-40(2,36)37)12-18(13-30-24)21-23-22(32-25(31-21)35-6-4-3-5-7-35)20(15-39-23)14-33-8-10-34(11-9-33)17-26(27,28)29/h12-13,15H,3-11,14,16-17H2,1-2H3. The Bertz CT molecular complexity index is 1450. The summed E-state index contributed by atoms with van der Waals surface area (Å²) < 4.78 is 68.8. The summed E-state index contributed by atoms with van der Waals surface area (Å²) in [5.41, 5.74) is 3.64. The molecule has 0 atom stereocenters. The van der Waals surface area contributed by atoms with E-state index in [0.717, 1.165) is 48.1 Å². The molecule has 2 fully saturated rings. The summed E-state index contributed by atoms with van der Waals surface area (Å²) in [5, 5.41) is 2.04. The van der Waals surface area contributed by atoms with E-state index in [-0.39, 0.29) is 11.6 Å². The molecule has 0 spiro atoms. The lowest BCUT2D eigenvalue weighted by atomic mass is 10.1. The molecule has 5 rings (SSSR count). The second-order valence-corrected chi connectivity index (χ2v) is 13.5. The van der Waals surface area contributed by atoms with Crippen molar-refractivity contribution in [2.24, 2.45) is 0 Å². The highest BCUT2D eigenvalue weighted by molar-refractivity contribution is 7.89. The maximum atomic E-state index is 12.8. The third kappa shape index (κ3) is 7.01. The van der Waals surface area contributed by atoms with Crippen LogP contribution in [0.5, 0.6) is 5.88 Å². The first kappa shape index (κ1) is 29.0. The number of halogens is 3. The first-order valence-electron chi connectivity index (χ1n) is 13.2. The van der Waals surface area contributed by atoms with Crippen LogP contribution < -0.4 is 9.64 Å². The SMILES string of the molecule is COc1ncc(-c2nc(N3CCCCC3)nc3c(CN4CCN(CC(F)(F)F)CC4)csc23)cc1CS(C)(=O)=O. The maximum Gasteiger partial charge on any atom is 0.401 e. The summed E-state index contributed by atoms with van der Waals surface area (Å²) in [6.45, 7) is 3.22. The zero-order valence-electron chi connectivity index (χ0n) is 22.6. The third-order valence-corrected chi connectivity index (χ3v) is 9.05. The number of sulfone groups is 1. The molecule has 0 aliphatic carbocycles. The van der Waals surface area contributed by atoms with Crippen LogP contribution in [0.3, 0.4) is 0 Å². The fourth-order valence-electron chi connectivity index (χ4n) is 5.29. The van der Waals surface area contributed by atoms with Crippen molar-refractivity contribution in [2.45, 2.75) is 37.7 Å². The van der Waals surface area contributed by atoms with Crippen molar-refractivity contribution in [2.75, 3.05) is 64.1 Å². The Kier molecular flexibility index (Phi) is 8.50. The Labute approximate surface area is 235 Å². The van der Waals surface area contributed by atoms with E-state index in [4.69, 9.17) is 14.7 Å². The predicted octanol–water partition coefficient (Wildman–Crippen LogP) is 3.98. The Morgan fingerprint density at radius 2 is 1.70 bits per heavy atom. The summed E-state index contributed by atoms with van der Waals surface area (Å²) >= 11 is 1.51. The maximum absolute atomic E-state index is 12.8. The van der Waals surface area contributed by atoms with Crippen LogP contribution in [0.25, 0.3) is 21.5 Å². The van der Waals surface area contributed by atoms with Gasteiger partial charge in [0, 0.05) is 75.0 Å². The second kappa shape index (κ2) is 11.7. The normalized spacial score (nSPS) is 18.0. The highest BCUT2D eigenvalue weighted by atomic mass is 32.2. The van der Waals surface area contributed by atoms with E-state index in [1.807, 2.05) is 5.38 Å². The molecule has 0 aromatic carbocycles. The van der Waals surface area contributed by atoms with Gasteiger partial charge in [-0.15, -0.1) is 11.3 Å². The quantitative estimate of drug-likeness (QED) is 0.382. The average molecular weight is 599 g/mol. The summed E-state index contributed by atoms with van der Waals surface area (Å²) in [6, 6.07) is 1.77. The van der Waals surface area contributed by atoms with E-state index in [1.165, 1.54) is 29.6 Å². The number of anilines is 1. The highest BCUT2D eigenvalue weighted by Crippen LogP contribution is 2.37. The Balaban J connectivity index is 1.49. The van der Waals surface area contributed by atoms with Crippen LogP contribution in [-0.2, 0) is 22.1 Å². The van der Waals surface area contributed by atoms with Crippen LogP contribution in [-0.4, -0.2) is 98.5 Å². The van der Waals surface area contributed by atoms with Gasteiger partial charge in [-0.2, -0.15) is 13.2 Å². The summed E-state index contributed by atoms with van der Waals surface area (Å²) in [5.74, 6) is 0.671. The lowest BCUT2D eigenvalue weighted by Gasteiger charge is -2.34. The predicted molar refractivity (Wildman–Crippen MR) is 150 cm³/mol. The molecule has 0 amide bonds. The number of piperazine rings is 1. The molecule has 218 valence electrons. The van der Waals surface area contributed by atoms with E-state index in [9.17, 15) is 21.6 Å². The molecule has 3 aromatic rings. The van der Waals surface area contributed by atoms with Crippen molar-refractivity contribution in [3.63, 3.8) is 0 Å². The monoisotopic (exact) mass is 598 g/mol. The first-order chi connectivity index (χ1) is 19.0. The number of ether oxygens (including phenoxy) is 1. The van der Waals surface area contributed by atoms with E-state index in [2.05, 4.69) is 14.8 Å². The van der Waals surface area contributed by atoms with Crippen molar-refractivity contribution in [1.29, 1.82) is 0 Å². The van der Waals surface area contributed by atoms with Crippen LogP contribution >= 0.6 is 11.3 Å². The first-order valence-corrected chi connectivity index (χ1v) is 16.2. The Hall–Kier alpha value is -2.55.